The zero-order valence-electron chi connectivity index (χ0n) is 14.0. The number of nitrogens with zero attached hydrogens (tertiary/aromatic N) is 1. The van der Waals surface area contributed by atoms with Gasteiger partial charge in [0.05, 0.1) is 17.9 Å². The number of carbonyl (C=O) groups is 2. The number of esters is 1. The average Bonchev–Trinajstić information content (AvgIpc) is 3.41. The van der Waals surface area contributed by atoms with Crippen LogP contribution in [0.5, 0.6) is 5.75 Å². The van der Waals surface area contributed by atoms with Crippen molar-refractivity contribution in [3.63, 3.8) is 0 Å². The van der Waals surface area contributed by atoms with Crippen molar-refractivity contribution in [1.29, 1.82) is 0 Å². The Bertz CT molecular complexity index is 781. The van der Waals surface area contributed by atoms with Crippen LogP contribution in [0.2, 0.25) is 0 Å². The smallest absolute Gasteiger partial charge is 0.387 e. The standard InChI is InChI=1S/C16H15F5N2O4/c1-2-26-15(25)7(5-23-6-3-4-6)13(24)8-9(17)14(27-16(20)21)11(19)10(18)12(8)22/h5-7,16H,2-4,22H2,1H3. The first kappa shape index (κ1) is 20.6. The molecule has 1 atom stereocenters. The van der Waals surface area contributed by atoms with E-state index in [4.69, 9.17) is 10.5 Å². The molecule has 2 N–H and O–H groups in total. The molecule has 1 aliphatic carbocycles. The molecule has 11 heteroatoms. The highest BCUT2D eigenvalue weighted by molar-refractivity contribution is 6.20. The highest BCUT2D eigenvalue weighted by atomic mass is 19.3. The summed E-state index contributed by atoms with van der Waals surface area (Å²) in [5.74, 6) is -12.2. The van der Waals surface area contributed by atoms with E-state index < -0.39 is 58.7 Å². The monoisotopic (exact) mass is 394 g/mol. The van der Waals surface area contributed by atoms with Gasteiger partial charge in [-0.2, -0.15) is 13.2 Å². The summed E-state index contributed by atoms with van der Waals surface area (Å²) in [4.78, 5) is 28.5. The van der Waals surface area contributed by atoms with Gasteiger partial charge in [-0.15, -0.1) is 0 Å². The van der Waals surface area contributed by atoms with Gasteiger partial charge in [-0.3, -0.25) is 14.6 Å². The molecule has 6 nitrogen and oxygen atoms in total. The molecular weight excluding hydrogens is 379 g/mol. The Labute approximate surface area is 150 Å². The number of nitrogens with two attached hydrogens (primary N) is 1. The second-order valence-electron chi connectivity index (χ2n) is 5.56. The third-order valence-electron chi connectivity index (χ3n) is 3.59. The minimum Gasteiger partial charge on any atom is -0.465 e. The van der Waals surface area contributed by atoms with Crippen LogP contribution in [-0.2, 0) is 9.53 Å². The lowest BCUT2D eigenvalue weighted by Gasteiger charge is -2.16. The number of nitrogen functional groups attached to an aromatic ring is 1. The summed E-state index contributed by atoms with van der Waals surface area (Å²) in [6, 6.07) is -0.125. The number of rotatable bonds is 8. The van der Waals surface area contributed by atoms with E-state index >= 15 is 0 Å². The van der Waals surface area contributed by atoms with E-state index in [1.54, 1.807) is 0 Å². The van der Waals surface area contributed by atoms with E-state index in [2.05, 4.69) is 9.73 Å². The Hall–Kier alpha value is -2.72. The van der Waals surface area contributed by atoms with Crippen molar-refractivity contribution in [2.24, 2.45) is 10.9 Å². The Morgan fingerprint density at radius 3 is 2.37 bits per heavy atom. The summed E-state index contributed by atoms with van der Waals surface area (Å²) in [5, 5.41) is 0. The number of ketones is 1. The van der Waals surface area contributed by atoms with E-state index in [9.17, 15) is 31.5 Å². The molecule has 0 heterocycles. The van der Waals surface area contributed by atoms with Gasteiger partial charge in [0.1, 0.15) is 0 Å². The first-order valence-corrected chi connectivity index (χ1v) is 7.83. The number of aliphatic imine (C=N–C) groups is 1. The largest absolute Gasteiger partial charge is 0.465 e. The molecule has 0 bridgehead atoms. The topological polar surface area (TPSA) is 91.0 Å². The van der Waals surface area contributed by atoms with Crippen LogP contribution in [0.4, 0.5) is 27.6 Å². The molecule has 1 fully saturated rings. The fourth-order valence-electron chi connectivity index (χ4n) is 2.14. The van der Waals surface area contributed by atoms with Crippen molar-refractivity contribution in [1.82, 2.24) is 0 Å². The van der Waals surface area contributed by atoms with Crippen LogP contribution in [0.1, 0.15) is 30.1 Å². The van der Waals surface area contributed by atoms with E-state index in [0.717, 1.165) is 6.21 Å². The number of ether oxygens (including phenoxy) is 2. The lowest BCUT2D eigenvalue weighted by Crippen LogP contribution is -2.30. The highest BCUT2D eigenvalue weighted by Gasteiger charge is 2.36. The van der Waals surface area contributed by atoms with E-state index in [1.807, 2.05) is 0 Å². The summed E-state index contributed by atoms with van der Waals surface area (Å²) in [6.45, 7) is -2.38. The highest BCUT2D eigenvalue weighted by Crippen LogP contribution is 2.35. The molecule has 1 unspecified atom stereocenters. The maximum absolute atomic E-state index is 14.4. The molecule has 0 amide bonds. The van der Waals surface area contributed by atoms with E-state index in [1.165, 1.54) is 6.92 Å². The van der Waals surface area contributed by atoms with Gasteiger partial charge in [-0.05, 0) is 19.8 Å². The summed E-state index contributed by atoms with van der Waals surface area (Å²) in [5.41, 5.74) is 2.66. The van der Waals surface area contributed by atoms with Crippen LogP contribution in [0.25, 0.3) is 0 Å². The van der Waals surface area contributed by atoms with Crippen LogP contribution in [-0.4, -0.2) is 37.2 Å². The fraction of sp³-hybridized carbons (Fsp3) is 0.438. The predicted octanol–water partition coefficient (Wildman–Crippen LogP) is 2.88. The molecule has 0 radical (unpaired) electrons. The molecule has 0 spiro atoms. The first-order valence-electron chi connectivity index (χ1n) is 7.83. The van der Waals surface area contributed by atoms with E-state index in [0.29, 0.717) is 12.8 Å². The fourth-order valence-corrected chi connectivity index (χ4v) is 2.14. The van der Waals surface area contributed by atoms with Crippen LogP contribution >= 0.6 is 0 Å². The number of hydrogen-bond acceptors (Lipinski definition) is 6. The maximum Gasteiger partial charge on any atom is 0.387 e. The van der Waals surface area contributed by atoms with Gasteiger partial charge in [0.2, 0.25) is 11.6 Å². The van der Waals surface area contributed by atoms with Gasteiger partial charge in [-0.25, -0.2) is 8.78 Å². The zero-order valence-corrected chi connectivity index (χ0v) is 14.0. The van der Waals surface area contributed by atoms with Gasteiger partial charge in [0.15, 0.2) is 23.3 Å². The molecular formula is C16H15F5N2O4. The molecule has 0 aliphatic heterocycles. The van der Waals surface area contributed by atoms with Gasteiger partial charge in [0, 0.05) is 12.3 Å². The Balaban J connectivity index is 2.53. The molecule has 1 aromatic carbocycles. The average molecular weight is 394 g/mol. The quantitative estimate of drug-likeness (QED) is 0.139. The summed E-state index contributed by atoms with van der Waals surface area (Å²) in [6.07, 6.45) is 2.33. The Kier molecular flexibility index (Phi) is 6.34. The molecule has 2 rings (SSSR count). The number of halogens is 5. The van der Waals surface area contributed by atoms with Crippen molar-refractivity contribution in [3.05, 3.63) is 23.0 Å². The summed E-state index contributed by atoms with van der Waals surface area (Å²) < 4.78 is 75.0. The lowest BCUT2D eigenvalue weighted by atomic mass is 9.96. The molecule has 1 aliphatic rings. The number of carbonyl (C=O) groups excluding carboxylic acids is 2. The maximum atomic E-state index is 14.4. The van der Waals surface area contributed by atoms with Crippen molar-refractivity contribution in [2.45, 2.75) is 32.4 Å². The minimum atomic E-state index is -3.70. The number of alkyl halides is 2. The van der Waals surface area contributed by atoms with Crippen LogP contribution < -0.4 is 10.5 Å². The van der Waals surface area contributed by atoms with Crippen LogP contribution in [0, 0.1) is 23.4 Å². The van der Waals surface area contributed by atoms with Crippen molar-refractivity contribution in [3.8, 4) is 5.75 Å². The molecule has 0 aromatic heterocycles. The third kappa shape index (κ3) is 4.52. The summed E-state index contributed by atoms with van der Waals surface area (Å²) in [7, 11) is 0. The second-order valence-corrected chi connectivity index (χ2v) is 5.56. The number of hydrogen-bond donors (Lipinski definition) is 1. The van der Waals surface area contributed by atoms with Crippen LogP contribution in [0.15, 0.2) is 4.99 Å². The molecule has 1 saturated carbocycles. The summed E-state index contributed by atoms with van der Waals surface area (Å²) >= 11 is 0. The molecule has 0 saturated heterocycles. The van der Waals surface area contributed by atoms with Crippen molar-refractivity contribution >= 4 is 23.7 Å². The molecule has 1 aromatic rings. The normalized spacial score (nSPS) is 15.2. The molecule has 148 valence electrons. The minimum absolute atomic E-state index is 0.125. The SMILES string of the molecule is CCOC(=O)C(C=NC1CC1)C(=O)c1c(N)c(F)c(F)c(OC(F)F)c1F. The first-order chi connectivity index (χ1) is 12.7. The Morgan fingerprint density at radius 1 is 1.22 bits per heavy atom. The van der Waals surface area contributed by atoms with E-state index in [-0.39, 0.29) is 12.6 Å². The number of benzene rings is 1. The third-order valence-corrected chi connectivity index (χ3v) is 3.59. The zero-order chi connectivity index (χ0) is 20.3. The number of anilines is 1. The lowest BCUT2D eigenvalue weighted by molar-refractivity contribution is -0.144. The predicted molar refractivity (Wildman–Crippen MR) is 83.3 cm³/mol. The van der Waals surface area contributed by atoms with Crippen molar-refractivity contribution in [2.75, 3.05) is 12.3 Å². The Morgan fingerprint density at radius 2 is 1.85 bits per heavy atom. The van der Waals surface area contributed by atoms with Gasteiger partial charge >= 0.3 is 12.6 Å². The van der Waals surface area contributed by atoms with Gasteiger partial charge in [0.25, 0.3) is 0 Å². The molecule has 27 heavy (non-hydrogen) atoms. The van der Waals surface area contributed by atoms with Crippen LogP contribution in [0.3, 0.4) is 0 Å². The van der Waals surface area contributed by atoms with Crippen molar-refractivity contribution < 1.29 is 41.0 Å². The van der Waals surface area contributed by atoms with Gasteiger partial charge in [-0.1, -0.05) is 0 Å². The second kappa shape index (κ2) is 8.31. The van der Waals surface area contributed by atoms with Gasteiger partial charge < -0.3 is 15.2 Å². The number of Topliss-reactive ketones (excluding diaryl/α,β-unsaturated/α-hetero) is 1.